The van der Waals surface area contributed by atoms with E-state index in [0.29, 0.717) is 28.3 Å². The van der Waals surface area contributed by atoms with Gasteiger partial charge in [0.25, 0.3) is 5.91 Å². The summed E-state index contributed by atoms with van der Waals surface area (Å²) >= 11 is 6.52. The van der Waals surface area contributed by atoms with Crippen molar-refractivity contribution in [1.29, 1.82) is 0 Å². The van der Waals surface area contributed by atoms with E-state index in [0.717, 1.165) is 36.8 Å². The first-order chi connectivity index (χ1) is 21.9. The first kappa shape index (κ1) is 36.2. The number of alkyl carbamates (subject to hydrolysis) is 1. The molecule has 0 radical (unpaired) electrons. The van der Waals surface area contributed by atoms with Crippen LogP contribution in [0, 0.1) is 19.3 Å². The van der Waals surface area contributed by atoms with E-state index in [9.17, 15) is 14.4 Å². The van der Waals surface area contributed by atoms with Gasteiger partial charge in [-0.15, -0.1) is 6.42 Å². The van der Waals surface area contributed by atoms with Crippen LogP contribution in [0.15, 0.2) is 72.8 Å². The largest absolute Gasteiger partial charge is 0.444 e. The van der Waals surface area contributed by atoms with Crippen LogP contribution < -0.4 is 10.6 Å². The number of unbranched alkanes of at least 4 members (excludes halogenated alkanes) is 4. The van der Waals surface area contributed by atoms with Crippen molar-refractivity contribution in [3.63, 3.8) is 0 Å². The van der Waals surface area contributed by atoms with Gasteiger partial charge in [0.2, 0.25) is 5.91 Å². The van der Waals surface area contributed by atoms with Gasteiger partial charge in [0, 0.05) is 18.5 Å². The van der Waals surface area contributed by atoms with E-state index in [1.807, 2.05) is 43.3 Å². The third-order valence-corrected chi connectivity index (χ3v) is 7.81. The molecule has 0 heterocycles. The number of para-hydroxylation sites is 1. The van der Waals surface area contributed by atoms with Gasteiger partial charge in [-0.3, -0.25) is 9.59 Å². The molecule has 0 aliphatic rings. The van der Waals surface area contributed by atoms with E-state index in [-0.39, 0.29) is 13.0 Å². The summed E-state index contributed by atoms with van der Waals surface area (Å²) in [6.07, 6.45) is 10.1. The second-order valence-corrected chi connectivity index (χ2v) is 12.8. The van der Waals surface area contributed by atoms with Crippen molar-refractivity contribution < 1.29 is 19.1 Å². The summed E-state index contributed by atoms with van der Waals surface area (Å²) in [5, 5.41) is 6.18. The van der Waals surface area contributed by atoms with Crippen LogP contribution in [-0.4, -0.2) is 41.0 Å². The number of anilines is 1. The summed E-state index contributed by atoms with van der Waals surface area (Å²) in [5.74, 6) is 1.80. The highest BCUT2D eigenvalue weighted by Crippen LogP contribution is 2.31. The molecule has 2 atom stereocenters. The summed E-state index contributed by atoms with van der Waals surface area (Å²) in [5.41, 5.74) is 2.30. The van der Waals surface area contributed by atoms with Crippen molar-refractivity contribution in [3.8, 4) is 12.3 Å². The first-order valence-corrected chi connectivity index (χ1v) is 16.3. The van der Waals surface area contributed by atoms with Crippen molar-refractivity contribution in [2.24, 2.45) is 0 Å². The lowest BCUT2D eigenvalue weighted by Gasteiger charge is -2.35. The van der Waals surface area contributed by atoms with E-state index in [4.69, 9.17) is 22.8 Å². The molecule has 0 saturated heterocycles. The number of halogens is 1. The number of amides is 3. The number of ether oxygens (including phenoxy) is 1. The highest BCUT2D eigenvalue weighted by Gasteiger charge is 2.37. The SMILES string of the molecule is C#Cc1ccccc1C(C(=O)Nc1c(C)cccc1Cl)N(CCCCCCC)C(=O)C(Cc1ccccc1)NC(=O)OC(C)(C)C. The highest BCUT2D eigenvalue weighted by molar-refractivity contribution is 6.34. The van der Waals surface area contributed by atoms with Crippen molar-refractivity contribution in [3.05, 3.63) is 100 Å². The molecular formula is C38H46ClN3O4. The number of nitrogens with one attached hydrogen (secondary N) is 2. The van der Waals surface area contributed by atoms with Crippen molar-refractivity contribution in [2.75, 3.05) is 11.9 Å². The lowest BCUT2D eigenvalue weighted by Crippen LogP contribution is -2.53. The fraction of sp³-hybridized carbons (Fsp3) is 0.395. The van der Waals surface area contributed by atoms with Crippen molar-refractivity contribution >= 4 is 35.2 Å². The Bertz CT molecular complexity index is 1490. The summed E-state index contributed by atoms with van der Waals surface area (Å²) in [6, 6.07) is 19.8. The van der Waals surface area contributed by atoms with Gasteiger partial charge in [0.05, 0.1) is 10.7 Å². The van der Waals surface area contributed by atoms with Gasteiger partial charge in [-0.25, -0.2) is 4.79 Å². The molecule has 3 aromatic rings. The number of nitrogens with zero attached hydrogens (tertiary/aromatic N) is 1. The van der Waals surface area contributed by atoms with Gasteiger partial charge >= 0.3 is 6.09 Å². The Kier molecular flexibility index (Phi) is 13.7. The Morgan fingerprint density at radius 1 is 0.935 bits per heavy atom. The van der Waals surface area contributed by atoms with Crippen molar-refractivity contribution in [1.82, 2.24) is 10.2 Å². The van der Waals surface area contributed by atoms with Gasteiger partial charge in [-0.05, 0) is 62.9 Å². The van der Waals surface area contributed by atoms with Crippen LogP contribution in [0.2, 0.25) is 5.02 Å². The topological polar surface area (TPSA) is 87.7 Å². The number of terminal acetylenes is 1. The predicted molar refractivity (Wildman–Crippen MR) is 186 cm³/mol. The second kappa shape index (κ2) is 17.4. The Balaban J connectivity index is 2.13. The zero-order valence-corrected chi connectivity index (χ0v) is 28.3. The molecule has 3 amide bonds. The number of benzene rings is 3. The van der Waals surface area contributed by atoms with Crippen LogP contribution in [0.3, 0.4) is 0 Å². The third-order valence-electron chi connectivity index (χ3n) is 7.50. The third kappa shape index (κ3) is 10.7. The standard InChI is InChI=1S/C38H46ClN3O4/c1-7-9-10-11-17-25-42(36(44)32(26-28-20-13-12-14-21-28)40-37(45)46-38(4,5)6)34(30-23-16-15-22-29(30)8-2)35(43)41-33-27(3)19-18-24-31(33)39/h2,12-16,18-24,32,34H,7,9-11,17,25-26H2,1,3-6H3,(H,40,45)(H,41,43). The molecule has 8 heteroatoms. The number of hydrogen-bond acceptors (Lipinski definition) is 4. The number of aryl methyl sites for hydroxylation is 1. The van der Waals surface area contributed by atoms with Crippen LogP contribution in [0.5, 0.6) is 0 Å². The predicted octanol–water partition coefficient (Wildman–Crippen LogP) is 8.24. The second-order valence-electron chi connectivity index (χ2n) is 12.4. The van der Waals surface area contributed by atoms with E-state index < -0.39 is 35.6 Å². The molecule has 0 fully saturated rings. The van der Waals surface area contributed by atoms with Gasteiger partial charge in [-0.1, -0.05) is 111 Å². The number of carbonyl (C=O) groups excluding carboxylic acids is 3. The van der Waals surface area contributed by atoms with Crippen molar-refractivity contribution in [2.45, 2.75) is 90.8 Å². The molecular weight excluding hydrogens is 598 g/mol. The molecule has 0 aliphatic heterocycles. The van der Waals surface area contributed by atoms with Gasteiger partial charge in [0.15, 0.2) is 0 Å². The minimum atomic E-state index is -1.11. The fourth-order valence-electron chi connectivity index (χ4n) is 5.25. The molecule has 7 nitrogen and oxygen atoms in total. The van der Waals surface area contributed by atoms with Gasteiger partial charge in [0.1, 0.15) is 17.7 Å². The molecule has 244 valence electrons. The average molecular weight is 644 g/mol. The fourth-order valence-corrected chi connectivity index (χ4v) is 5.52. The average Bonchev–Trinajstić information content (AvgIpc) is 3.01. The highest BCUT2D eigenvalue weighted by atomic mass is 35.5. The van der Waals surface area contributed by atoms with Gasteiger partial charge < -0.3 is 20.3 Å². The van der Waals surface area contributed by atoms with E-state index in [2.05, 4.69) is 23.5 Å². The summed E-state index contributed by atoms with van der Waals surface area (Å²) in [4.78, 5) is 43.8. The quantitative estimate of drug-likeness (QED) is 0.137. The number of rotatable bonds is 14. The smallest absolute Gasteiger partial charge is 0.408 e. The molecule has 0 aromatic heterocycles. The van der Waals surface area contributed by atoms with E-state index in [1.54, 1.807) is 62.1 Å². The first-order valence-electron chi connectivity index (χ1n) is 15.9. The van der Waals surface area contributed by atoms with Gasteiger partial charge in [-0.2, -0.15) is 0 Å². The minimum absolute atomic E-state index is 0.194. The lowest BCUT2D eigenvalue weighted by atomic mass is 9.96. The van der Waals surface area contributed by atoms with Crippen LogP contribution in [0.1, 0.15) is 88.1 Å². The van der Waals surface area contributed by atoms with Crippen LogP contribution in [-0.2, 0) is 20.7 Å². The molecule has 0 aliphatic carbocycles. The normalized spacial score (nSPS) is 12.4. The Labute approximate surface area is 279 Å². The molecule has 46 heavy (non-hydrogen) atoms. The van der Waals surface area contributed by atoms with Crippen LogP contribution >= 0.6 is 11.6 Å². The molecule has 2 unspecified atom stereocenters. The maximum Gasteiger partial charge on any atom is 0.408 e. The summed E-state index contributed by atoms with van der Waals surface area (Å²) in [7, 11) is 0. The lowest BCUT2D eigenvalue weighted by molar-refractivity contribution is -0.140. The Hall–Kier alpha value is -4.28. The number of hydrogen-bond donors (Lipinski definition) is 2. The maximum absolute atomic E-state index is 14.8. The molecule has 3 rings (SSSR count). The van der Waals surface area contributed by atoms with E-state index in [1.165, 1.54) is 0 Å². The Morgan fingerprint density at radius 2 is 1.61 bits per heavy atom. The monoisotopic (exact) mass is 643 g/mol. The zero-order chi connectivity index (χ0) is 33.7. The minimum Gasteiger partial charge on any atom is -0.444 e. The van der Waals surface area contributed by atoms with Crippen LogP contribution in [0.4, 0.5) is 10.5 Å². The molecule has 3 aromatic carbocycles. The Morgan fingerprint density at radius 3 is 2.26 bits per heavy atom. The number of carbonyl (C=O) groups is 3. The molecule has 2 N–H and O–H groups in total. The van der Waals surface area contributed by atoms with Crippen LogP contribution in [0.25, 0.3) is 0 Å². The van der Waals surface area contributed by atoms with E-state index >= 15 is 0 Å². The zero-order valence-electron chi connectivity index (χ0n) is 27.6. The maximum atomic E-state index is 14.8. The molecule has 0 bridgehead atoms. The molecule has 0 spiro atoms. The summed E-state index contributed by atoms with van der Waals surface area (Å²) in [6.45, 7) is 9.54. The summed E-state index contributed by atoms with van der Waals surface area (Å²) < 4.78 is 5.55. The molecule has 0 saturated carbocycles.